The molecule has 0 N–H and O–H groups in total. The molecule has 0 heterocycles. The third-order valence-electron chi connectivity index (χ3n) is 5.02. The first-order valence-corrected chi connectivity index (χ1v) is 10.7. The van der Waals surface area contributed by atoms with Gasteiger partial charge in [-0.3, -0.25) is 9.79 Å². The van der Waals surface area contributed by atoms with E-state index in [0.717, 1.165) is 16.7 Å². The maximum absolute atomic E-state index is 12.8. The summed E-state index contributed by atoms with van der Waals surface area (Å²) in [6, 6.07) is 28.4. The maximum Gasteiger partial charge on any atom is 0.307 e. The van der Waals surface area contributed by atoms with Crippen molar-refractivity contribution < 1.29 is 9.53 Å². The molecule has 0 aliphatic rings. The molecule has 0 saturated heterocycles. The molecule has 3 nitrogen and oxygen atoms in total. The van der Waals surface area contributed by atoms with Crippen LogP contribution in [0.5, 0.6) is 0 Å². The van der Waals surface area contributed by atoms with Crippen molar-refractivity contribution in [3.8, 4) is 0 Å². The predicted octanol–water partition coefficient (Wildman–Crippen LogP) is 6.67. The predicted molar refractivity (Wildman–Crippen MR) is 128 cm³/mol. The van der Waals surface area contributed by atoms with Gasteiger partial charge in [0.05, 0.1) is 12.5 Å². The number of carbonyl (C=O) groups is 1. The molecule has 31 heavy (non-hydrogen) atoms. The Kier molecular flexibility index (Phi) is 7.41. The SMILES string of the molecule is Cc1ccc(C=N[C@H](c2ccccc2)[C@H](CC(=O)OC(C)(C)C)c2ccccc2)cc1. The topological polar surface area (TPSA) is 38.7 Å². The van der Waals surface area contributed by atoms with Crippen molar-refractivity contribution in [2.75, 3.05) is 0 Å². The first-order chi connectivity index (χ1) is 14.8. The highest BCUT2D eigenvalue weighted by Gasteiger charge is 2.29. The number of aryl methyl sites for hydroxylation is 1. The van der Waals surface area contributed by atoms with Gasteiger partial charge in [-0.1, -0.05) is 90.5 Å². The molecule has 0 aliphatic heterocycles. The summed E-state index contributed by atoms with van der Waals surface area (Å²) >= 11 is 0. The summed E-state index contributed by atoms with van der Waals surface area (Å²) in [5.74, 6) is -0.354. The van der Waals surface area contributed by atoms with Crippen LogP contribution in [0.4, 0.5) is 0 Å². The minimum Gasteiger partial charge on any atom is -0.460 e. The first-order valence-electron chi connectivity index (χ1n) is 10.7. The Morgan fingerprint density at radius 1 is 0.871 bits per heavy atom. The zero-order valence-electron chi connectivity index (χ0n) is 18.8. The smallest absolute Gasteiger partial charge is 0.307 e. The van der Waals surface area contributed by atoms with Gasteiger partial charge in [0, 0.05) is 12.1 Å². The molecule has 0 aliphatic carbocycles. The van der Waals surface area contributed by atoms with E-state index in [1.54, 1.807) is 0 Å². The van der Waals surface area contributed by atoms with Gasteiger partial charge in [0.25, 0.3) is 0 Å². The molecule has 0 radical (unpaired) electrons. The second-order valence-electron chi connectivity index (χ2n) is 8.85. The Balaban J connectivity index is 1.99. The van der Waals surface area contributed by atoms with E-state index in [0.29, 0.717) is 0 Å². The lowest BCUT2D eigenvalue weighted by Crippen LogP contribution is -2.26. The molecule has 3 rings (SSSR count). The van der Waals surface area contributed by atoms with Crippen molar-refractivity contribution in [1.82, 2.24) is 0 Å². The number of benzene rings is 3. The fourth-order valence-electron chi connectivity index (χ4n) is 3.57. The van der Waals surface area contributed by atoms with Gasteiger partial charge in [-0.25, -0.2) is 0 Å². The zero-order chi connectivity index (χ0) is 22.3. The van der Waals surface area contributed by atoms with Gasteiger partial charge < -0.3 is 4.74 Å². The van der Waals surface area contributed by atoms with Crippen molar-refractivity contribution >= 4 is 12.2 Å². The molecule has 0 aromatic heterocycles. The summed E-state index contributed by atoms with van der Waals surface area (Å²) in [6.45, 7) is 7.76. The minimum absolute atomic E-state index is 0.139. The van der Waals surface area contributed by atoms with E-state index in [9.17, 15) is 4.79 Å². The Hall–Kier alpha value is -3.20. The number of carbonyl (C=O) groups excluding carboxylic acids is 1. The fraction of sp³-hybridized carbons (Fsp3) is 0.286. The van der Waals surface area contributed by atoms with Crippen LogP contribution in [0.2, 0.25) is 0 Å². The van der Waals surface area contributed by atoms with Crippen molar-refractivity contribution in [3.05, 3.63) is 107 Å². The highest BCUT2D eigenvalue weighted by Crippen LogP contribution is 2.37. The standard InChI is InChI=1S/C28H31NO2/c1-21-15-17-22(18-16-21)20-29-27(24-13-9-6-10-14-24)25(23-11-7-5-8-12-23)19-26(30)31-28(2,3)4/h5-18,20,25,27H,19H2,1-4H3/t25-,27-/m1/s1. The summed E-state index contributed by atoms with van der Waals surface area (Å²) in [7, 11) is 0. The molecule has 160 valence electrons. The average Bonchev–Trinajstić information content (AvgIpc) is 2.74. The lowest BCUT2D eigenvalue weighted by atomic mass is 9.85. The van der Waals surface area contributed by atoms with Crippen LogP contribution < -0.4 is 0 Å². The van der Waals surface area contributed by atoms with E-state index >= 15 is 0 Å². The number of esters is 1. The molecule has 0 unspecified atom stereocenters. The minimum atomic E-state index is -0.522. The van der Waals surface area contributed by atoms with Crippen LogP contribution >= 0.6 is 0 Å². The third kappa shape index (κ3) is 6.92. The second-order valence-corrected chi connectivity index (χ2v) is 8.85. The Morgan fingerprint density at radius 2 is 1.42 bits per heavy atom. The molecule has 0 saturated carbocycles. The monoisotopic (exact) mass is 413 g/mol. The van der Waals surface area contributed by atoms with Gasteiger partial charge in [0.15, 0.2) is 0 Å². The molecule has 3 aromatic carbocycles. The molecular formula is C28H31NO2. The molecular weight excluding hydrogens is 382 g/mol. The van der Waals surface area contributed by atoms with Crippen LogP contribution in [-0.2, 0) is 9.53 Å². The third-order valence-corrected chi connectivity index (χ3v) is 5.02. The summed E-state index contributed by atoms with van der Waals surface area (Å²) in [4.78, 5) is 17.8. The molecule has 0 bridgehead atoms. The summed E-state index contributed by atoms with van der Waals surface area (Å²) in [5, 5.41) is 0. The number of hydrogen-bond acceptors (Lipinski definition) is 3. The van der Waals surface area contributed by atoms with Crippen LogP contribution in [-0.4, -0.2) is 17.8 Å². The quantitative estimate of drug-likeness (QED) is 0.320. The van der Waals surface area contributed by atoms with Crippen molar-refractivity contribution in [1.29, 1.82) is 0 Å². The van der Waals surface area contributed by atoms with Crippen molar-refractivity contribution in [2.45, 2.75) is 51.7 Å². The van der Waals surface area contributed by atoms with Crippen molar-refractivity contribution in [3.63, 3.8) is 0 Å². The van der Waals surface area contributed by atoms with Gasteiger partial charge in [0.1, 0.15) is 5.60 Å². The number of rotatable bonds is 7. The van der Waals surface area contributed by atoms with Gasteiger partial charge >= 0.3 is 5.97 Å². The molecule has 0 fully saturated rings. The summed E-state index contributed by atoms with van der Waals surface area (Å²) in [5.41, 5.74) is 3.87. The van der Waals surface area contributed by atoms with Crippen molar-refractivity contribution in [2.24, 2.45) is 4.99 Å². The number of nitrogens with zero attached hydrogens (tertiary/aromatic N) is 1. The van der Waals surface area contributed by atoms with E-state index in [1.807, 2.05) is 63.4 Å². The lowest BCUT2D eigenvalue weighted by molar-refractivity contribution is -0.155. The molecule has 3 heteroatoms. The number of hydrogen-bond donors (Lipinski definition) is 0. The summed E-state index contributed by atoms with van der Waals surface area (Å²) < 4.78 is 5.66. The highest BCUT2D eigenvalue weighted by molar-refractivity contribution is 5.80. The largest absolute Gasteiger partial charge is 0.460 e. The van der Waals surface area contributed by atoms with E-state index in [-0.39, 0.29) is 24.3 Å². The first kappa shape index (κ1) is 22.5. The van der Waals surface area contributed by atoms with Crippen LogP contribution in [0.25, 0.3) is 0 Å². The van der Waals surface area contributed by atoms with E-state index < -0.39 is 5.60 Å². The van der Waals surface area contributed by atoms with E-state index in [1.165, 1.54) is 5.56 Å². The molecule has 2 atom stereocenters. The normalized spacial score (nSPS) is 13.7. The number of aliphatic imine (C=N–C) groups is 1. The second kappa shape index (κ2) is 10.2. The average molecular weight is 414 g/mol. The van der Waals surface area contributed by atoms with Crippen LogP contribution in [0.1, 0.15) is 61.4 Å². The fourth-order valence-corrected chi connectivity index (χ4v) is 3.57. The van der Waals surface area contributed by atoms with Gasteiger partial charge in [-0.2, -0.15) is 0 Å². The van der Waals surface area contributed by atoms with Crippen LogP contribution in [0.3, 0.4) is 0 Å². The summed E-state index contributed by atoms with van der Waals surface area (Å²) in [6.07, 6.45) is 2.16. The highest BCUT2D eigenvalue weighted by atomic mass is 16.6. The molecule has 0 amide bonds. The lowest BCUT2D eigenvalue weighted by Gasteiger charge is -2.27. The van der Waals surface area contributed by atoms with Gasteiger partial charge in [-0.05, 0) is 44.4 Å². The molecule has 0 spiro atoms. The van der Waals surface area contributed by atoms with Gasteiger partial charge in [0.2, 0.25) is 0 Å². The van der Waals surface area contributed by atoms with Gasteiger partial charge in [-0.15, -0.1) is 0 Å². The zero-order valence-corrected chi connectivity index (χ0v) is 18.8. The Bertz CT molecular complexity index is 987. The number of ether oxygens (including phenoxy) is 1. The van der Waals surface area contributed by atoms with E-state index in [4.69, 9.17) is 9.73 Å². The maximum atomic E-state index is 12.8. The Labute approximate surface area is 185 Å². The van der Waals surface area contributed by atoms with Crippen LogP contribution in [0, 0.1) is 6.92 Å². The Morgan fingerprint density at radius 3 is 1.97 bits per heavy atom. The van der Waals surface area contributed by atoms with E-state index in [2.05, 4.69) is 55.5 Å². The molecule has 3 aromatic rings. The van der Waals surface area contributed by atoms with Crippen LogP contribution in [0.15, 0.2) is 89.9 Å².